The van der Waals surface area contributed by atoms with Crippen LogP contribution in [-0.2, 0) is 14.8 Å². The van der Waals surface area contributed by atoms with Crippen LogP contribution >= 0.6 is 0 Å². The lowest BCUT2D eigenvalue weighted by molar-refractivity contribution is -0.0437. The maximum Gasteiger partial charge on any atom is 0.339 e. The number of ether oxygens (including phenoxy) is 1. The van der Waals surface area contributed by atoms with Gasteiger partial charge in [-0.1, -0.05) is 0 Å². The Morgan fingerprint density at radius 3 is 2.62 bits per heavy atom. The molecule has 0 saturated carbocycles. The lowest BCUT2D eigenvalue weighted by Gasteiger charge is -2.15. The van der Waals surface area contributed by atoms with Gasteiger partial charge in [0.25, 0.3) is 5.92 Å². The van der Waals surface area contributed by atoms with Gasteiger partial charge in [-0.15, -0.1) is 0 Å². The van der Waals surface area contributed by atoms with Crippen molar-refractivity contribution >= 4 is 21.7 Å². The monoisotopic (exact) mass is 324 g/mol. The van der Waals surface area contributed by atoms with Crippen LogP contribution < -0.4 is 10.5 Å². The van der Waals surface area contributed by atoms with Gasteiger partial charge in [0, 0.05) is 5.69 Å². The molecule has 0 aliphatic rings. The van der Waals surface area contributed by atoms with E-state index in [1.165, 1.54) is 6.07 Å². The summed E-state index contributed by atoms with van der Waals surface area (Å²) < 4.78 is 55.8. The molecule has 0 bridgehead atoms. The second kappa shape index (κ2) is 6.33. The minimum atomic E-state index is -4.43. The van der Waals surface area contributed by atoms with Crippen molar-refractivity contribution < 1.29 is 31.8 Å². The van der Waals surface area contributed by atoms with Crippen molar-refractivity contribution in [3.63, 3.8) is 0 Å². The molecule has 1 rings (SSSR count). The first-order valence-corrected chi connectivity index (χ1v) is 7.07. The summed E-state index contributed by atoms with van der Waals surface area (Å²) >= 11 is 0. The van der Waals surface area contributed by atoms with Crippen molar-refractivity contribution in [2.45, 2.75) is 10.8 Å². The average molecular weight is 324 g/mol. The van der Waals surface area contributed by atoms with E-state index in [-0.39, 0.29) is 11.3 Å². The normalized spacial score (nSPS) is 12.2. The first kappa shape index (κ1) is 17.3. The molecule has 0 heterocycles. The zero-order chi connectivity index (χ0) is 16.3. The van der Waals surface area contributed by atoms with E-state index >= 15 is 0 Å². The number of alkyl halides is 2. The number of carbonyl (C=O) groups excluding carboxylic acids is 1. The number of aliphatic hydroxyl groups excluding tert-OH is 1. The Hall–Kier alpha value is -1.78. The number of halogens is 2. The van der Waals surface area contributed by atoms with Crippen LogP contribution in [0.2, 0.25) is 0 Å². The van der Waals surface area contributed by atoms with Crippen LogP contribution in [0.1, 0.15) is 10.4 Å². The summed E-state index contributed by atoms with van der Waals surface area (Å²) in [6, 6.07) is 3.33. The third-order valence-corrected chi connectivity index (χ3v) is 3.89. The summed E-state index contributed by atoms with van der Waals surface area (Å²) in [4.78, 5) is 10.9. The van der Waals surface area contributed by atoms with Gasteiger partial charge in [-0.05, 0) is 18.2 Å². The van der Waals surface area contributed by atoms with Crippen molar-refractivity contribution in [2.75, 3.05) is 26.0 Å². The van der Waals surface area contributed by atoms with Crippen LogP contribution in [0.15, 0.2) is 23.1 Å². The van der Waals surface area contributed by atoms with Gasteiger partial charge in [0.1, 0.15) is 6.61 Å². The van der Waals surface area contributed by atoms with Crippen molar-refractivity contribution in [3.05, 3.63) is 23.8 Å². The number of benzene rings is 1. The van der Waals surface area contributed by atoms with Crippen LogP contribution in [0.4, 0.5) is 14.5 Å². The lowest BCUT2D eigenvalue weighted by atomic mass is 10.2. The number of nitrogen functional groups attached to an aromatic ring is 1. The quantitative estimate of drug-likeness (QED) is 0.499. The van der Waals surface area contributed by atoms with Gasteiger partial charge in [0.05, 0.1) is 24.1 Å². The third kappa shape index (κ3) is 4.34. The molecule has 0 unspecified atom stereocenters. The van der Waals surface area contributed by atoms with E-state index in [2.05, 4.69) is 4.74 Å². The summed E-state index contributed by atoms with van der Waals surface area (Å²) in [6.45, 7) is -2.84. The van der Waals surface area contributed by atoms with E-state index in [9.17, 15) is 22.0 Å². The van der Waals surface area contributed by atoms with E-state index in [0.29, 0.717) is 0 Å². The largest absolute Gasteiger partial charge is 0.465 e. The molecule has 1 aromatic carbocycles. The summed E-state index contributed by atoms with van der Waals surface area (Å²) in [5, 5.41) is 8.41. The van der Waals surface area contributed by atoms with E-state index in [1.807, 2.05) is 0 Å². The second-order valence-electron chi connectivity index (χ2n) is 4.09. The molecule has 0 amide bonds. The summed E-state index contributed by atoms with van der Waals surface area (Å²) in [7, 11) is -3.39. The van der Waals surface area contributed by atoms with Gasteiger partial charge >= 0.3 is 5.97 Å². The number of rotatable bonds is 6. The SMILES string of the molecule is COC(=O)c1ccc(N)cc1S(=O)(=O)NCC(F)(F)CO. The molecule has 10 heteroatoms. The molecule has 4 N–H and O–H groups in total. The maximum atomic E-state index is 12.9. The highest BCUT2D eigenvalue weighted by molar-refractivity contribution is 7.89. The smallest absolute Gasteiger partial charge is 0.339 e. The van der Waals surface area contributed by atoms with Gasteiger partial charge < -0.3 is 15.6 Å². The fourth-order valence-corrected chi connectivity index (χ4v) is 2.66. The number of methoxy groups -OCH3 is 1. The van der Waals surface area contributed by atoms with E-state index < -0.39 is 40.0 Å². The summed E-state index contributed by atoms with van der Waals surface area (Å²) in [5.41, 5.74) is 5.13. The van der Waals surface area contributed by atoms with Crippen molar-refractivity contribution in [3.8, 4) is 0 Å². The summed E-state index contributed by atoms with van der Waals surface area (Å²) in [5.74, 6) is -4.58. The molecule has 0 fully saturated rings. The standard InChI is InChI=1S/C11H14F2N2O5S/c1-20-10(17)8-3-2-7(14)4-9(8)21(18,19)15-5-11(12,13)6-16/h2-4,15-16H,5-6,14H2,1H3. The average Bonchev–Trinajstić information content (AvgIpc) is 2.44. The zero-order valence-corrected chi connectivity index (χ0v) is 11.8. The number of nitrogens with one attached hydrogen (secondary N) is 1. The number of anilines is 1. The van der Waals surface area contributed by atoms with E-state index in [0.717, 1.165) is 19.2 Å². The fraction of sp³-hybridized carbons (Fsp3) is 0.364. The molecule has 1 aromatic rings. The van der Waals surface area contributed by atoms with Gasteiger partial charge in [-0.25, -0.2) is 26.7 Å². The Bertz CT molecular complexity index is 634. The van der Waals surface area contributed by atoms with Crippen molar-refractivity contribution in [1.82, 2.24) is 4.72 Å². The number of aliphatic hydroxyl groups is 1. The number of hydrogen-bond acceptors (Lipinski definition) is 6. The molecule has 0 radical (unpaired) electrons. The van der Waals surface area contributed by atoms with Gasteiger partial charge in [0.2, 0.25) is 10.0 Å². The van der Waals surface area contributed by atoms with E-state index in [1.54, 1.807) is 4.72 Å². The number of hydrogen-bond donors (Lipinski definition) is 3. The number of nitrogens with two attached hydrogens (primary N) is 1. The second-order valence-corrected chi connectivity index (χ2v) is 5.82. The first-order valence-electron chi connectivity index (χ1n) is 5.59. The van der Waals surface area contributed by atoms with Crippen LogP contribution in [-0.4, -0.2) is 45.7 Å². The Kier molecular flexibility index (Phi) is 5.20. The highest BCUT2D eigenvalue weighted by atomic mass is 32.2. The molecule has 0 aliphatic heterocycles. The lowest BCUT2D eigenvalue weighted by Crippen LogP contribution is -2.39. The Morgan fingerprint density at radius 2 is 2.10 bits per heavy atom. The fourth-order valence-electron chi connectivity index (χ4n) is 1.37. The van der Waals surface area contributed by atoms with Crippen LogP contribution in [0.3, 0.4) is 0 Å². The van der Waals surface area contributed by atoms with Crippen LogP contribution in [0, 0.1) is 0 Å². The Morgan fingerprint density at radius 1 is 1.48 bits per heavy atom. The first-order chi connectivity index (χ1) is 9.63. The molecule has 0 aromatic heterocycles. The Labute approximate surface area is 119 Å². The minimum Gasteiger partial charge on any atom is -0.465 e. The van der Waals surface area contributed by atoms with Gasteiger partial charge in [-0.3, -0.25) is 0 Å². The van der Waals surface area contributed by atoms with E-state index in [4.69, 9.17) is 10.8 Å². The molecule has 0 aliphatic carbocycles. The minimum absolute atomic E-state index is 0.0250. The molecule has 0 atom stereocenters. The number of sulfonamides is 1. The Balaban J connectivity index is 3.19. The van der Waals surface area contributed by atoms with Crippen molar-refractivity contribution in [2.24, 2.45) is 0 Å². The van der Waals surface area contributed by atoms with Crippen molar-refractivity contribution in [1.29, 1.82) is 0 Å². The van der Waals surface area contributed by atoms with Gasteiger partial charge in [0.15, 0.2) is 0 Å². The highest BCUT2D eigenvalue weighted by Gasteiger charge is 2.31. The molecule has 0 saturated heterocycles. The zero-order valence-electron chi connectivity index (χ0n) is 11.0. The highest BCUT2D eigenvalue weighted by Crippen LogP contribution is 2.21. The van der Waals surface area contributed by atoms with Crippen LogP contribution in [0.5, 0.6) is 0 Å². The third-order valence-electron chi connectivity index (χ3n) is 2.45. The number of esters is 1. The topological polar surface area (TPSA) is 119 Å². The molecule has 118 valence electrons. The molecule has 7 nitrogen and oxygen atoms in total. The van der Waals surface area contributed by atoms with Crippen LogP contribution in [0.25, 0.3) is 0 Å². The molecule has 0 spiro atoms. The predicted octanol–water partition coefficient (Wildman–Crippen LogP) is -0.0387. The van der Waals surface area contributed by atoms with Gasteiger partial charge in [-0.2, -0.15) is 0 Å². The molecular formula is C11H14F2N2O5S. The molecular weight excluding hydrogens is 310 g/mol. The predicted molar refractivity (Wildman–Crippen MR) is 69.4 cm³/mol. The summed E-state index contributed by atoms with van der Waals surface area (Å²) in [6.07, 6.45) is 0. The molecule has 21 heavy (non-hydrogen) atoms. The number of carbonyl (C=O) groups is 1. The maximum absolute atomic E-state index is 12.9.